The van der Waals surface area contributed by atoms with E-state index in [2.05, 4.69) is 13.0 Å². The van der Waals surface area contributed by atoms with Gasteiger partial charge in [0.15, 0.2) is 0 Å². The Morgan fingerprint density at radius 1 is 1.29 bits per heavy atom. The van der Waals surface area contributed by atoms with Gasteiger partial charge in [0.25, 0.3) is 0 Å². The molecule has 1 rings (SSSR count). The van der Waals surface area contributed by atoms with Crippen LogP contribution < -0.4 is 10.5 Å². The molecule has 0 saturated heterocycles. The summed E-state index contributed by atoms with van der Waals surface area (Å²) in [5.41, 5.74) is 6.56. The van der Waals surface area contributed by atoms with E-state index >= 15 is 0 Å². The maximum absolute atomic E-state index is 5.85. The highest BCUT2D eigenvalue weighted by Gasteiger charge is 2.18. The van der Waals surface area contributed by atoms with E-state index in [0.717, 1.165) is 12.2 Å². The fraction of sp³-hybridized carbons (Fsp3) is 0.500. The Bertz CT molecular complexity index is 294. The maximum atomic E-state index is 5.85. The molecule has 14 heavy (non-hydrogen) atoms. The van der Waals surface area contributed by atoms with Crippen LogP contribution in [-0.4, -0.2) is 12.1 Å². The van der Waals surface area contributed by atoms with E-state index in [-0.39, 0.29) is 5.60 Å². The zero-order valence-corrected chi connectivity index (χ0v) is 9.21. The number of ether oxygens (including phenoxy) is 1. The van der Waals surface area contributed by atoms with Gasteiger partial charge in [0.05, 0.1) is 0 Å². The Hall–Kier alpha value is -1.02. The summed E-state index contributed by atoms with van der Waals surface area (Å²) >= 11 is 0. The maximum Gasteiger partial charge on any atom is 0.123 e. The molecule has 0 saturated carbocycles. The predicted molar refractivity (Wildman–Crippen MR) is 59.6 cm³/mol. The summed E-state index contributed by atoms with van der Waals surface area (Å²) < 4.78 is 5.85. The molecular weight excluding hydrogens is 174 g/mol. The lowest BCUT2D eigenvalue weighted by molar-refractivity contribution is 0.117. The number of hydrogen-bond donors (Lipinski definition) is 1. The van der Waals surface area contributed by atoms with Crippen LogP contribution in [0.5, 0.6) is 5.75 Å². The van der Waals surface area contributed by atoms with E-state index in [9.17, 15) is 0 Å². The van der Waals surface area contributed by atoms with Crippen molar-refractivity contribution in [2.75, 3.05) is 6.54 Å². The number of aryl methyl sites for hydroxylation is 1. The molecule has 0 atom stereocenters. The Morgan fingerprint density at radius 2 is 1.93 bits per heavy atom. The first-order valence-electron chi connectivity index (χ1n) is 5.06. The summed E-state index contributed by atoms with van der Waals surface area (Å²) in [6.45, 7) is 6.64. The van der Waals surface area contributed by atoms with E-state index < -0.39 is 0 Å². The van der Waals surface area contributed by atoms with E-state index in [0.29, 0.717) is 6.54 Å². The van der Waals surface area contributed by atoms with Crippen molar-refractivity contribution in [2.45, 2.75) is 32.8 Å². The van der Waals surface area contributed by atoms with Gasteiger partial charge in [-0.2, -0.15) is 0 Å². The minimum absolute atomic E-state index is 0.286. The Labute approximate surface area is 86.1 Å². The van der Waals surface area contributed by atoms with Gasteiger partial charge in [0, 0.05) is 6.54 Å². The molecule has 0 aliphatic heterocycles. The minimum Gasteiger partial charge on any atom is -0.486 e. The highest BCUT2D eigenvalue weighted by molar-refractivity contribution is 5.33. The molecule has 0 radical (unpaired) electrons. The second-order valence-corrected chi connectivity index (χ2v) is 4.03. The second kappa shape index (κ2) is 4.47. The third-order valence-corrected chi connectivity index (χ3v) is 2.23. The van der Waals surface area contributed by atoms with Crippen LogP contribution in [0.15, 0.2) is 24.3 Å². The summed E-state index contributed by atoms with van der Waals surface area (Å²) in [4.78, 5) is 0. The molecule has 2 nitrogen and oxygen atoms in total. The highest BCUT2D eigenvalue weighted by atomic mass is 16.5. The highest BCUT2D eigenvalue weighted by Crippen LogP contribution is 2.22. The number of benzene rings is 1. The minimum atomic E-state index is -0.286. The standard InChI is InChI=1S/C12H19NO/c1-4-10-7-5-6-8-11(10)14-12(2,3)9-13/h5-8H,4,9,13H2,1-3H3. The van der Waals surface area contributed by atoms with Crippen molar-refractivity contribution in [3.63, 3.8) is 0 Å². The molecule has 0 fully saturated rings. The number of rotatable bonds is 4. The first-order chi connectivity index (χ1) is 6.59. The monoisotopic (exact) mass is 193 g/mol. The van der Waals surface area contributed by atoms with Gasteiger partial charge in [-0.25, -0.2) is 0 Å². The molecule has 0 unspecified atom stereocenters. The Kier molecular flexibility index (Phi) is 3.53. The summed E-state index contributed by atoms with van der Waals surface area (Å²) in [6.07, 6.45) is 0.983. The van der Waals surface area contributed by atoms with Crippen LogP contribution in [0.4, 0.5) is 0 Å². The molecule has 0 aliphatic carbocycles. The number of hydrogen-bond acceptors (Lipinski definition) is 2. The van der Waals surface area contributed by atoms with Gasteiger partial charge in [-0.05, 0) is 31.9 Å². The summed E-state index contributed by atoms with van der Waals surface area (Å²) in [5, 5.41) is 0. The first kappa shape index (κ1) is 11.1. The van der Waals surface area contributed by atoms with E-state index in [1.807, 2.05) is 32.0 Å². The van der Waals surface area contributed by atoms with Crippen molar-refractivity contribution < 1.29 is 4.74 Å². The number of nitrogens with two attached hydrogens (primary N) is 1. The Balaban J connectivity index is 2.85. The molecule has 2 heteroatoms. The molecule has 0 aromatic heterocycles. The van der Waals surface area contributed by atoms with Crippen LogP contribution in [0.3, 0.4) is 0 Å². The largest absolute Gasteiger partial charge is 0.486 e. The van der Waals surface area contributed by atoms with E-state index in [1.54, 1.807) is 0 Å². The SMILES string of the molecule is CCc1ccccc1OC(C)(C)CN. The van der Waals surface area contributed by atoms with Crippen molar-refractivity contribution >= 4 is 0 Å². The third-order valence-electron chi connectivity index (χ3n) is 2.23. The van der Waals surface area contributed by atoms with Crippen LogP contribution in [0.1, 0.15) is 26.3 Å². The first-order valence-corrected chi connectivity index (χ1v) is 5.06. The molecule has 0 aliphatic rings. The van der Waals surface area contributed by atoms with Gasteiger partial charge >= 0.3 is 0 Å². The molecule has 1 aromatic rings. The lowest BCUT2D eigenvalue weighted by atomic mass is 10.1. The van der Waals surface area contributed by atoms with Crippen molar-refractivity contribution in [1.29, 1.82) is 0 Å². The smallest absolute Gasteiger partial charge is 0.123 e. The molecule has 2 N–H and O–H groups in total. The van der Waals surface area contributed by atoms with Crippen molar-refractivity contribution in [1.82, 2.24) is 0 Å². The van der Waals surface area contributed by atoms with Crippen LogP contribution >= 0.6 is 0 Å². The zero-order valence-electron chi connectivity index (χ0n) is 9.21. The van der Waals surface area contributed by atoms with Gasteiger partial charge in [-0.3, -0.25) is 0 Å². The van der Waals surface area contributed by atoms with Crippen molar-refractivity contribution in [2.24, 2.45) is 5.73 Å². The fourth-order valence-electron chi connectivity index (χ4n) is 1.23. The quantitative estimate of drug-likeness (QED) is 0.796. The second-order valence-electron chi connectivity index (χ2n) is 4.03. The molecule has 1 aromatic carbocycles. The molecular formula is C12H19NO. The summed E-state index contributed by atoms with van der Waals surface area (Å²) in [5.74, 6) is 0.949. The molecule has 0 spiro atoms. The van der Waals surface area contributed by atoms with Gasteiger partial charge in [-0.1, -0.05) is 25.1 Å². The molecule has 0 bridgehead atoms. The third kappa shape index (κ3) is 2.74. The normalized spacial score (nSPS) is 11.4. The lowest BCUT2D eigenvalue weighted by Gasteiger charge is -2.25. The van der Waals surface area contributed by atoms with Crippen LogP contribution in [0.25, 0.3) is 0 Å². The summed E-state index contributed by atoms with van der Waals surface area (Å²) in [7, 11) is 0. The van der Waals surface area contributed by atoms with Gasteiger partial charge in [-0.15, -0.1) is 0 Å². The fourth-order valence-corrected chi connectivity index (χ4v) is 1.23. The Morgan fingerprint density at radius 3 is 2.50 bits per heavy atom. The number of para-hydroxylation sites is 1. The average molecular weight is 193 g/mol. The zero-order chi connectivity index (χ0) is 10.6. The summed E-state index contributed by atoms with van der Waals surface area (Å²) in [6, 6.07) is 8.10. The molecule has 0 heterocycles. The molecule has 0 amide bonds. The van der Waals surface area contributed by atoms with E-state index in [4.69, 9.17) is 10.5 Å². The lowest BCUT2D eigenvalue weighted by Crippen LogP contribution is -2.37. The van der Waals surface area contributed by atoms with Crippen molar-refractivity contribution in [3.05, 3.63) is 29.8 Å². The van der Waals surface area contributed by atoms with Crippen LogP contribution in [0, 0.1) is 0 Å². The predicted octanol–water partition coefficient (Wildman–Crippen LogP) is 2.37. The average Bonchev–Trinajstić information content (AvgIpc) is 2.18. The molecule has 78 valence electrons. The van der Waals surface area contributed by atoms with Crippen LogP contribution in [0.2, 0.25) is 0 Å². The van der Waals surface area contributed by atoms with Crippen LogP contribution in [-0.2, 0) is 6.42 Å². The van der Waals surface area contributed by atoms with Gasteiger partial charge in [0.1, 0.15) is 11.4 Å². The van der Waals surface area contributed by atoms with Gasteiger partial charge in [0.2, 0.25) is 0 Å². The van der Waals surface area contributed by atoms with Gasteiger partial charge < -0.3 is 10.5 Å². The van der Waals surface area contributed by atoms with E-state index in [1.165, 1.54) is 5.56 Å². The van der Waals surface area contributed by atoms with Crippen molar-refractivity contribution in [3.8, 4) is 5.75 Å². The topological polar surface area (TPSA) is 35.2 Å².